The summed E-state index contributed by atoms with van der Waals surface area (Å²) in [5.41, 5.74) is 0. The van der Waals surface area contributed by atoms with E-state index in [0.29, 0.717) is 25.8 Å². The molecule has 1 amide bonds. The highest BCUT2D eigenvalue weighted by Crippen LogP contribution is 2.46. The zero-order valence-electron chi connectivity index (χ0n) is 10.5. The van der Waals surface area contributed by atoms with Crippen LogP contribution in [0.4, 0.5) is 27.1 Å². The van der Waals surface area contributed by atoms with E-state index in [9.17, 15) is 26.7 Å². The van der Waals surface area contributed by atoms with Gasteiger partial charge in [0.15, 0.2) is 5.13 Å². The van der Waals surface area contributed by atoms with Gasteiger partial charge in [-0.05, 0) is 12.3 Å². The van der Waals surface area contributed by atoms with Crippen molar-refractivity contribution in [1.29, 1.82) is 0 Å². The first-order valence-electron chi connectivity index (χ1n) is 5.98. The van der Waals surface area contributed by atoms with Gasteiger partial charge in [-0.25, -0.2) is 4.98 Å². The minimum absolute atomic E-state index is 0.0287. The zero-order valence-corrected chi connectivity index (χ0v) is 11.4. The minimum atomic E-state index is -5.69. The maximum absolute atomic E-state index is 13.1. The van der Waals surface area contributed by atoms with E-state index in [2.05, 4.69) is 10.3 Å². The topological polar surface area (TPSA) is 51.2 Å². The fraction of sp³-hybridized carbons (Fsp3) is 0.636. The van der Waals surface area contributed by atoms with Crippen molar-refractivity contribution in [3.63, 3.8) is 0 Å². The Hall–Kier alpha value is -1.29. The van der Waals surface area contributed by atoms with Crippen LogP contribution in [0.15, 0.2) is 6.20 Å². The van der Waals surface area contributed by atoms with Gasteiger partial charge in [0.1, 0.15) is 4.88 Å². The summed E-state index contributed by atoms with van der Waals surface area (Å²) in [6.45, 7) is 0.986. The standard InChI is InChI=1S/C11H11F5N2O2S/c12-10(13,11(14,15)16)7-4-17-9(21-7)18-8(19)3-6-1-2-20-5-6/h4,6H,1-3,5H2,(H,17,18,19). The number of anilines is 1. The number of amides is 1. The van der Waals surface area contributed by atoms with Gasteiger partial charge in [-0.2, -0.15) is 22.0 Å². The Balaban J connectivity index is 1.98. The summed E-state index contributed by atoms with van der Waals surface area (Å²) in [7, 11) is 0. The first kappa shape index (κ1) is 16.1. The molecule has 1 atom stereocenters. The molecule has 0 saturated carbocycles. The van der Waals surface area contributed by atoms with E-state index in [1.807, 2.05) is 0 Å². The molecule has 1 N–H and O–H groups in total. The van der Waals surface area contributed by atoms with Crippen molar-refractivity contribution < 1.29 is 31.5 Å². The minimum Gasteiger partial charge on any atom is -0.381 e. The van der Waals surface area contributed by atoms with E-state index in [4.69, 9.17) is 4.74 Å². The van der Waals surface area contributed by atoms with Crippen LogP contribution >= 0.6 is 11.3 Å². The first-order valence-corrected chi connectivity index (χ1v) is 6.80. The predicted octanol–water partition coefficient (Wildman–Crippen LogP) is 3.16. The lowest BCUT2D eigenvalue weighted by Gasteiger charge is -2.17. The zero-order chi connectivity index (χ0) is 15.7. The maximum Gasteiger partial charge on any atom is 0.459 e. The van der Waals surface area contributed by atoms with E-state index >= 15 is 0 Å². The average molecular weight is 330 g/mol. The van der Waals surface area contributed by atoms with Gasteiger partial charge in [0.05, 0.1) is 0 Å². The van der Waals surface area contributed by atoms with Crippen molar-refractivity contribution in [3.8, 4) is 0 Å². The number of hydrogen-bond donors (Lipinski definition) is 1. The predicted molar refractivity (Wildman–Crippen MR) is 64.2 cm³/mol. The molecule has 1 aliphatic rings. The second-order valence-corrected chi connectivity index (χ2v) is 5.61. The number of alkyl halides is 5. The van der Waals surface area contributed by atoms with Gasteiger partial charge in [0, 0.05) is 25.8 Å². The van der Waals surface area contributed by atoms with Crippen LogP contribution in [0.2, 0.25) is 0 Å². The summed E-state index contributed by atoms with van der Waals surface area (Å²) in [5, 5.41) is 1.95. The first-order chi connectivity index (χ1) is 9.70. The third-order valence-corrected chi connectivity index (χ3v) is 3.90. The Morgan fingerprint density at radius 2 is 2.14 bits per heavy atom. The molecule has 1 aromatic heterocycles. The van der Waals surface area contributed by atoms with E-state index in [-0.39, 0.29) is 28.8 Å². The van der Waals surface area contributed by atoms with Crippen molar-refractivity contribution in [3.05, 3.63) is 11.1 Å². The second-order valence-electron chi connectivity index (χ2n) is 4.58. The highest BCUT2D eigenvalue weighted by Gasteiger charge is 2.60. The number of nitrogens with one attached hydrogen (secondary N) is 1. The molecule has 1 saturated heterocycles. The number of halogens is 5. The number of thiazole rings is 1. The molecule has 1 aromatic rings. The van der Waals surface area contributed by atoms with Crippen molar-refractivity contribution in [2.45, 2.75) is 24.9 Å². The molecule has 0 aliphatic carbocycles. The molecule has 118 valence electrons. The Bertz CT molecular complexity index is 511. The molecule has 2 heterocycles. The molecule has 2 rings (SSSR count). The van der Waals surface area contributed by atoms with Gasteiger partial charge < -0.3 is 10.1 Å². The third-order valence-electron chi connectivity index (χ3n) is 2.92. The number of carbonyl (C=O) groups is 1. The van der Waals surface area contributed by atoms with Gasteiger partial charge in [-0.3, -0.25) is 4.79 Å². The molecule has 0 aromatic carbocycles. The fourth-order valence-corrected chi connectivity index (χ4v) is 2.62. The normalized spacial score (nSPS) is 19.8. The summed E-state index contributed by atoms with van der Waals surface area (Å²) < 4.78 is 67.8. The van der Waals surface area contributed by atoms with Gasteiger partial charge in [0.25, 0.3) is 0 Å². The Morgan fingerprint density at radius 1 is 1.43 bits per heavy atom. The van der Waals surface area contributed by atoms with Crippen LogP contribution in [0.1, 0.15) is 17.7 Å². The second kappa shape index (κ2) is 5.84. The largest absolute Gasteiger partial charge is 0.459 e. The van der Waals surface area contributed by atoms with Gasteiger partial charge >= 0.3 is 12.1 Å². The molecule has 4 nitrogen and oxygen atoms in total. The van der Waals surface area contributed by atoms with Crippen LogP contribution < -0.4 is 5.32 Å². The van der Waals surface area contributed by atoms with Crippen molar-refractivity contribution in [1.82, 2.24) is 4.98 Å². The molecule has 0 radical (unpaired) electrons. The number of carbonyl (C=O) groups excluding carboxylic acids is 1. The molecule has 1 unspecified atom stereocenters. The Morgan fingerprint density at radius 3 is 2.71 bits per heavy atom. The van der Waals surface area contributed by atoms with Crippen molar-refractivity contribution in [2.75, 3.05) is 18.5 Å². The summed E-state index contributed by atoms with van der Waals surface area (Å²) in [6, 6.07) is 0. The van der Waals surface area contributed by atoms with Gasteiger partial charge in [0.2, 0.25) is 5.91 Å². The lowest BCUT2D eigenvalue weighted by Crippen LogP contribution is -2.32. The third kappa shape index (κ3) is 3.67. The van der Waals surface area contributed by atoms with E-state index in [1.165, 1.54) is 0 Å². The fourth-order valence-electron chi connectivity index (χ4n) is 1.79. The molecular weight excluding hydrogens is 319 g/mol. The molecule has 1 aliphatic heterocycles. The van der Waals surface area contributed by atoms with Crippen LogP contribution in [0.3, 0.4) is 0 Å². The number of nitrogens with zero attached hydrogens (tertiary/aromatic N) is 1. The number of ether oxygens (including phenoxy) is 1. The molecule has 0 bridgehead atoms. The van der Waals surface area contributed by atoms with Crippen LogP contribution in [0.5, 0.6) is 0 Å². The van der Waals surface area contributed by atoms with Crippen LogP contribution in [-0.4, -0.2) is 30.3 Å². The number of hydrogen-bond acceptors (Lipinski definition) is 4. The van der Waals surface area contributed by atoms with E-state index in [0.717, 1.165) is 0 Å². The lowest BCUT2D eigenvalue weighted by atomic mass is 10.1. The van der Waals surface area contributed by atoms with Crippen LogP contribution in [0.25, 0.3) is 0 Å². The maximum atomic E-state index is 13.1. The summed E-state index contributed by atoms with van der Waals surface area (Å²) >= 11 is 0.109. The lowest BCUT2D eigenvalue weighted by molar-refractivity contribution is -0.287. The summed E-state index contributed by atoms with van der Waals surface area (Å²) in [5.74, 6) is -5.43. The molecule has 10 heteroatoms. The molecule has 21 heavy (non-hydrogen) atoms. The highest BCUT2D eigenvalue weighted by molar-refractivity contribution is 7.15. The SMILES string of the molecule is O=C(CC1CCOC1)Nc1ncc(C(F)(F)C(F)(F)F)s1. The van der Waals surface area contributed by atoms with Crippen molar-refractivity contribution in [2.24, 2.45) is 5.92 Å². The van der Waals surface area contributed by atoms with Gasteiger partial charge in [-0.15, -0.1) is 0 Å². The highest BCUT2D eigenvalue weighted by atomic mass is 32.1. The van der Waals surface area contributed by atoms with E-state index in [1.54, 1.807) is 0 Å². The Kier molecular flexibility index (Phi) is 4.47. The molecular formula is C11H11F5N2O2S. The average Bonchev–Trinajstić information content (AvgIpc) is 2.98. The van der Waals surface area contributed by atoms with Gasteiger partial charge in [-0.1, -0.05) is 11.3 Å². The number of aromatic nitrogens is 1. The Labute approximate surface area is 120 Å². The molecule has 0 spiro atoms. The van der Waals surface area contributed by atoms with E-state index < -0.39 is 22.9 Å². The van der Waals surface area contributed by atoms with Crippen molar-refractivity contribution >= 4 is 22.4 Å². The summed E-state index contributed by atoms with van der Waals surface area (Å²) in [6.07, 6.45) is -4.44. The van der Waals surface area contributed by atoms with Crippen LogP contribution in [0, 0.1) is 5.92 Å². The number of rotatable bonds is 4. The van der Waals surface area contributed by atoms with Crippen LogP contribution in [-0.2, 0) is 15.5 Å². The monoisotopic (exact) mass is 330 g/mol. The summed E-state index contributed by atoms with van der Waals surface area (Å²) in [4.78, 5) is 13.7. The smallest absolute Gasteiger partial charge is 0.381 e. The quantitative estimate of drug-likeness (QED) is 0.863. The molecule has 1 fully saturated rings.